The molecule has 0 saturated carbocycles. The minimum Gasteiger partial charge on any atom is -0.454 e. The lowest BCUT2D eigenvalue weighted by Gasteiger charge is -2.55. The van der Waals surface area contributed by atoms with E-state index in [2.05, 4.69) is 31.9 Å². The molecule has 1 fully saturated rings. The van der Waals surface area contributed by atoms with Crippen LogP contribution in [0.1, 0.15) is 53.3 Å². The Morgan fingerprint density at radius 3 is 1.67 bits per heavy atom. The number of hydrogen-bond donors (Lipinski definition) is 0. The molecule has 12 heteroatoms. The summed E-state index contributed by atoms with van der Waals surface area (Å²) in [6, 6.07) is 31.7. The minimum absolute atomic E-state index is 0.0465. The number of ketones is 1. The number of alkyl halides is 2. The number of nitrogens with zero attached hydrogens (tertiary/aromatic N) is 1. The van der Waals surface area contributed by atoms with E-state index in [1.807, 2.05) is 48.5 Å². The predicted octanol–water partition coefficient (Wildman–Crippen LogP) is 8.66. The van der Waals surface area contributed by atoms with E-state index in [9.17, 15) is 24.0 Å². The average Bonchev–Trinajstić information content (AvgIpc) is 3.44. The van der Waals surface area contributed by atoms with Gasteiger partial charge in [0.1, 0.15) is 5.75 Å². The molecule has 0 N–H and O–H groups in total. The van der Waals surface area contributed by atoms with Crippen LogP contribution in [0.15, 0.2) is 115 Å². The highest BCUT2D eigenvalue weighted by molar-refractivity contribution is 9.10. The molecule has 9 rings (SSSR count). The molecule has 0 aromatic heterocycles. The number of rotatable bonds is 7. The van der Waals surface area contributed by atoms with Gasteiger partial charge in [-0.2, -0.15) is 0 Å². The molecule has 2 atom stereocenters. The Labute approximate surface area is 323 Å². The van der Waals surface area contributed by atoms with E-state index in [4.69, 9.17) is 32.7 Å². The summed E-state index contributed by atoms with van der Waals surface area (Å²) < 4.78 is 8.80. The zero-order valence-corrected chi connectivity index (χ0v) is 31.3. The quantitative estimate of drug-likeness (QED) is 0.0531. The number of para-hydroxylation sites is 1. The number of benzene rings is 5. The highest BCUT2D eigenvalue weighted by Gasteiger charge is 2.72. The second-order valence-electron chi connectivity index (χ2n) is 12.5. The van der Waals surface area contributed by atoms with E-state index < -0.39 is 56.6 Å². The molecule has 2 unspecified atom stereocenters. The first kappa shape index (κ1) is 34.5. The van der Waals surface area contributed by atoms with Gasteiger partial charge in [-0.15, -0.1) is 0 Å². The second kappa shape index (κ2) is 12.8. The minimum atomic E-state index is -0.999. The Morgan fingerprint density at radius 2 is 1.13 bits per heavy atom. The first-order chi connectivity index (χ1) is 25.0. The molecule has 0 radical (unpaired) electrons. The molecule has 5 aromatic carbocycles. The third-order valence-corrected chi connectivity index (χ3v) is 13.3. The van der Waals surface area contributed by atoms with Crippen LogP contribution < -0.4 is 9.64 Å². The van der Waals surface area contributed by atoms with E-state index in [-0.39, 0.29) is 33.1 Å². The molecule has 8 nitrogen and oxygen atoms in total. The number of imide groups is 1. The number of carbonyl (C=O) groups is 5. The molecule has 2 bridgehead atoms. The Balaban J connectivity index is 1.02. The van der Waals surface area contributed by atoms with Gasteiger partial charge in [0, 0.05) is 5.56 Å². The van der Waals surface area contributed by atoms with E-state index >= 15 is 0 Å². The number of carbonyl (C=O) groups excluding carboxylic acids is 5. The normalized spacial score (nSPS) is 22.3. The van der Waals surface area contributed by atoms with Gasteiger partial charge in [-0.25, -0.2) is 14.5 Å². The Morgan fingerprint density at radius 1 is 0.635 bits per heavy atom. The van der Waals surface area contributed by atoms with Crippen molar-refractivity contribution in [2.24, 2.45) is 11.8 Å². The van der Waals surface area contributed by atoms with Crippen LogP contribution in [0.2, 0.25) is 10.0 Å². The summed E-state index contributed by atoms with van der Waals surface area (Å²) in [5, 5.41) is 0.500. The predicted molar refractivity (Wildman–Crippen MR) is 201 cm³/mol. The molecule has 258 valence electrons. The topological polar surface area (TPSA) is 107 Å². The van der Waals surface area contributed by atoms with Gasteiger partial charge in [0.25, 0.3) is 0 Å². The van der Waals surface area contributed by atoms with Gasteiger partial charge in [-0.3, -0.25) is 14.4 Å². The first-order valence-corrected chi connectivity index (χ1v) is 18.3. The van der Waals surface area contributed by atoms with Crippen molar-refractivity contribution in [1.82, 2.24) is 0 Å². The maximum absolute atomic E-state index is 14.5. The van der Waals surface area contributed by atoms with Gasteiger partial charge in [0.2, 0.25) is 11.8 Å². The fraction of sp³-hybridized carbons (Fsp3) is 0.125. The van der Waals surface area contributed by atoms with Gasteiger partial charge < -0.3 is 9.47 Å². The van der Waals surface area contributed by atoms with Crippen LogP contribution in [0.25, 0.3) is 0 Å². The van der Waals surface area contributed by atoms with Crippen molar-refractivity contribution in [2.75, 3.05) is 11.5 Å². The summed E-state index contributed by atoms with van der Waals surface area (Å²) in [6.45, 7) is -0.623. The van der Waals surface area contributed by atoms with Crippen molar-refractivity contribution in [3.05, 3.63) is 164 Å². The maximum Gasteiger partial charge on any atom is 0.343 e. The van der Waals surface area contributed by atoms with E-state index in [1.54, 1.807) is 12.1 Å². The van der Waals surface area contributed by atoms with Crippen molar-refractivity contribution in [3.63, 3.8) is 0 Å². The van der Waals surface area contributed by atoms with E-state index in [0.29, 0.717) is 5.02 Å². The molecule has 4 aliphatic rings. The highest BCUT2D eigenvalue weighted by Crippen LogP contribution is 2.71. The van der Waals surface area contributed by atoms with Gasteiger partial charge in [-0.05, 0) is 76.9 Å². The Kier molecular flexibility index (Phi) is 8.49. The SMILES string of the molecule is O=C(COC(=O)c1ccccc1N1C(=O)C2C(C1=O)C1(Br)c3ccccc3C2(Br)c2ccccc21)c1ccc(OC(=O)c2ccc(Cl)c(Cl)c2)cc1. The number of esters is 2. The fourth-order valence-corrected chi connectivity index (χ4v) is 10.1. The summed E-state index contributed by atoms with van der Waals surface area (Å²) >= 11 is 19.9. The summed E-state index contributed by atoms with van der Waals surface area (Å²) in [5.74, 6) is -4.49. The monoisotopic (exact) mass is 857 g/mol. The summed E-state index contributed by atoms with van der Waals surface area (Å²) in [7, 11) is 0. The second-order valence-corrected chi connectivity index (χ2v) is 15.9. The van der Waals surface area contributed by atoms with Gasteiger partial charge in [-0.1, -0.05) is 116 Å². The zero-order chi connectivity index (χ0) is 36.5. The van der Waals surface area contributed by atoms with Crippen LogP contribution in [0.4, 0.5) is 5.69 Å². The standard InChI is InChI=1S/C40H23Br2Cl2NO7/c41-39-25-8-2-3-9-26(25)40(42,28-11-5-4-10-27(28)39)34-33(39)35(47)45(36(34)48)31-12-6-1-7-24(31)38(50)51-20-32(46)21-13-16-23(17-14-21)52-37(49)22-15-18-29(43)30(44)19-22/h1-19,33-34H,20H2. The van der Waals surface area contributed by atoms with Crippen molar-refractivity contribution in [1.29, 1.82) is 0 Å². The van der Waals surface area contributed by atoms with Crippen LogP contribution >= 0.6 is 55.1 Å². The van der Waals surface area contributed by atoms with Crippen LogP contribution in [0.5, 0.6) is 5.75 Å². The summed E-state index contributed by atoms with van der Waals surface area (Å²) in [4.78, 5) is 69.3. The lowest BCUT2D eigenvalue weighted by Crippen LogP contribution is -2.56. The smallest absolute Gasteiger partial charge is 0.343 e. The molecular weight excluding hydrogens is 837 g/mol. The van der Waals surface area contributed by atoms with Crippen LogP contribution in [-0.2, 0) is 23.0 Å². The lowest BCUT2D eigenvalue weighted by atomic mass is 9.54. The molecule has 1 aliphatic heterocycles. The molecular formula is C40H23Br2Cl2NO7. The molecule has 52 heavy (non-hydrogen) atoms. The molecule has 3 aliphatic carbocycles. The van der Waals surface area contributed by atoms with Crippen molar-refractivity contribution < 1.29 is 33.4 Å². The summed E-state index contributed by atoms with van der Waals surface area (Å²) in [6.07, 6.45) is 0. The molecule has 0 spiro atoms. The van der Waals surface area contributed by atoms with E-state index in [1.165, 1.54) is 54.6 Å². The Bertz CT molecular complexity index is 2260. The summed E-state index contributed by atoms with van der Waals surface area (Å²) in [5.41, 5.74) is 3.96. The average molecular weight is 860 g/mol. The first-order valence-electron chi connectivity index (χ1n) is 16.0. The highest BCUT2D eigenvalue weighted by atomic mass is 79.9. The molecule has 1 heterocycles. The number of anilines is 1. The van der Waals surface area contributed by atoms with Gasteiger partial charge >= 0.3 is 11.9 Å². The van der Waals surface area contributed by atoms with Crippen molar-refractivity contribution in [3.8, 4) is 5.75 Å². The van der Waals surface area contributed by atoms with Crippen LogP contribution in [-0.4, -0.2) is 36.1 Å². The molecule has 1 saturated heterocycles. The van der Waals surface area contributed by atoms with Crippen molar-refractivity contribution >= 4 is 90.3 Å². The van der Waals surface area contributed by atoms with Crippen molar-refractivity contribution in [2.45, 2.75) is 8.65 Å². The molecule has 2 amide bonds. The Hall–Kier alpha value is -4.61. The number of ether oxygens (including phenoxy) is 2. The maximum atomic E-state index is 14.5. The largest absolute Gasteiger partial charge is 0.454 e. The lowest BCUT2D eigenvalue weighted by molar-refractivity contribution is -0.122. The van der Waals surface area contributed by atoms with Gasteiger partial charge in [0.05, 0.1) is 47.3 Å². The van der Waals surface area contributed by atoms with E-state index in [0.717, 1.165) is 27.2 Å². The third kappa shape index (κ3) is 5.10. The number of halogens is 4. The number of Topliss-reactive ketones (excluding diaryl/α,β-unsaturated/α-hetero) is 1. The van der Waals surface area contributed by atoms with Crippen LogP contribution in [0.3, 0.4) is 0 Å². The van der Waals surface area contributed by atoms with Crippen LogP contribution in [0, 0.1) is 11.8 Å². The van der Waals surface area contributed by atoms with Gasteiger partial charge in [0.15, 0.2) is 12.4 Å². The fourth-order valence-electron chi connectivity index (χ4n) is 7.54. The molecule has 5 aromatic rings. The zero-order valence-electron chi connectivity index (χ0n) is 26.6. The number of amides is 2. The number of hydrogen-bond acceptors (Lipinski definition) is 7. The third-order valence-electron chi connectivity index (χ3n) is 9.83.